The van der Waals surface area contributed by atoms with Gasteiger partial charge in [0, 0.05) is 61.1 Å². The summed E-state index contributed by atoms with van der Waals surface area (Å²) >= 11 is 0. The molecule has 1 aliphatic rings. The number of furan rings is 2. The van der Waals surface area contributed by atoms with Crippen LogP contribution in [0.3, 0.4) is 0 Å². The van der Waals surface area contributed by atoms with E-state index in [9.17, 15) is 0 Å². The second kappa shape index (κ2) is 12.6. The van der Waals surface area contributed by atoms with Crippen LogP contribution in [0, 0.1) is 0 Å². The fraction of sp³-hybridized carbons (Fsp3) is 0.0204. The first-order valence-corrected chi connectivity index (χ1v) is 18.4. The minimum atomic E-state index is -0.456. The Bertz CT molecular complexity index is 3090. The lowest BCUT2D eigenvalue weighted by Gasteiger charge is -2.27. The van der Waals surface area contributed by atoms with Gasteiger partial charge in [-0.1, -0.05) is 127 Å². The molecule has 6 nitrogen and oxygen atoms in total. The van der Waals surface area contributed by atoms with Gasteiger partial charge >= 0.3 is 0 Å². The maximum atomic E-state index is 6.81. The number of benzene rings is 8. The second-order valence-electron chi connectivity index (χ2n) is 13.8. The maximum Gasteiger partial charge on any atom is 0.159 e. The topological polar surface area (TPSA) is 66.3 Å². The molecule has 1 unspecified atom stereocenters. The van der Waals surface area contributed by atoms with Gasteiger partial charge < -0.3 is 19.1 Å². The van der Waals surface area contributed by atoms with E-state index in [4.69, 9.17) is 18.8 Å². The summed E-state index contributed by atoms with van der Waals surface area (Å²) in [6, 6.07) is 62.6. The van der Waals surface area contributed by atoms with Crippen LogP contribution in [-0.2, 0) is 0 Å². The van der Waals surface area contributed by atoms with Crippen molar-refractivity contribution in [3.8, 4) is 0 Å². The fourth-order valence-corrected chi connectivity index (χ4v) is 8.03. The van der Waals surface area contributed by atoms with Crippen LogP contribution in [0.4, 0.5) is 17.1 Å². The zero-order valence-electron chi connectivity index (χ0n) is 29.6. The average molecular weight is 709 g/mol. The highest BCUT2D eigenvalue weighted by atomic mass is 16.3. The quantitative estimate of drug-likeness (QED) is 0.187. The summed E-state index contributed by atoms with van der Waals surface area (Å²) in [5.41, 5.74) is 9.30. The van der Waals surface area contributed by atoms with Crippen LogP contribution in [0.2, 0.25) is 0 Å². The molecule has 2 aromatic heterocycles. The number of hydrogen-bond donors (Lipinski definition) is 1. The number of aliphatic imine (C=N–C) groups is 2. The summed E-state index contributed by atoms with van der Waals surface area (Å²) in [5.74, 6) is 1.38. The van der Waals surface area contributed by atoms with Gasteiger partial charge in [0.2, 0.25) is 0 Å². The number of rotatable bonds is 6. The molecule has 0 fully saturated rings. The van der Waals surface area contributed by atoms with Gasteiger partial charge in [-0.2, -0.15) is 0 Å². The lowest BCUT2D eigenvalue weighted by Crippen LogP contribution is -2.33. The highest BCUT2D eigenvalue weighted by Crippen LogP contribution is 2.46. The van der Waals surface area contributed by atoms with Gasteiger partial charge in [0.25, 0.3) is 0 Å². The SMILES string of the molecule is c1ccc(C2=NC(c3ccc4c(c3)oc3ccccc34)=NC(c3cccc4oc5cc(N(c6ccccc6)c6ccccc6)c6ccccc6c5c34)N2)cc1. The number of hydrogen-bond acceptors (Lipinski definition) is 6. The molecule has 1 aliphatic heterocycles. The number of para-hydroxylation sites is 3. The van der Waals surface area contributed by atoms with Gasteiger partial charge in [-0.3, -0.25) is 0 Å². The zero-order chi connectivity index (χ0) is 36.3. The largest absolute Gasteiger partial charge is 0.456 e. The zero-order valence-corrected chi connectivity index (χ0v) is 29.6. The van der Waals surface area contributed by atoms with E-state index in [0.717, 1.165) is 94.2 Å². The van der Waals surface area contributed by atoms with Gasteiger partial charge in [0.1, 0.15) is 34.3 Å². The van der Waals surface area contributed by atoms with Crippen molar-refractivity contribution in [3.05, 3.63) is 199 Å². The molecule has 8 aromatic carbocycles. The van der Waals surface area contributed by atoms with Crippen molar-refractivity contribution >= 4 is 83.4 Å². The monoisotopic (exact) mass is 708 g/mol. The molecule has 3 heterocycles. The molecule has 10 aromatic rings. The standard InChI is InChI=1S/C49H32N4O2/c1-4-15-31(16-5-1)47-50-48(32-27-28-37-36-22-12-13-25-41(36)54-43(37)29-32)52-49(51-47)39-24-14-26-42-46(39)45-38-23-11-10-21-35(38)40(30-44(45)55-42)53(33-17-6-2-7-18-33)34-19-8-3-9-20-34/h1-30,49H,(H,50,51,52). The van der Waals surface area contributed by atoms with E-state index in [1.165, 1.54) is 0 Å². The van der Waals surface area contributed by atoms with Crippen LogP contribution >= 0.6 is 0 Å². The van der Waals surface area contributed by atoms with Crippen molar-refractivity contribution in [2.45, 2.75) is 6.17 Å². The molecule has 6 heteroatoms. The number of fused-ring (bicyclic) bond motifs is 8. The summed E-state index contributed by atoms with van der Waals surface area (Å²) in [6.45, 7) is 0. The van der Waals surface area contributed by atoms with E-state index in [2.05, 4.69) is 144 Å². The summed E-state index contributed by atoms with van der Waals surface area (Å²) in [5, 5.41) is 10.2. The van der Waals surface area contributed by atoms with Gasteiger partial charge in [-0.05, 0) is 53.9 Å². The number of nitrogens with one attached hydrogen (secondary N) is 1. The average Bonchev–Trinajstić information content (AvgIpc) is 3.83. The number of anilines is 3. The van der Waals surface area contributed by atoms with Crippen molar-refractivity contribution in [1.29, 1.82) is 0 Å². The van der Waals surface area contributed by atoms with Crippen molar-refractivity contribution in [3.63, 3.8) is 0 Å². The predicted molar refractivity (Wildman–Crippen MR) is 225 cm³/mol. The molecule has 1 atom stereocenters. The van der Waals surface area contributed by atoms with Crippen molar-refractivity contribution < 1.29 is 8.83 Å². The van der Waals surface area contributed by atoms with Crippen molar-refractivity contribution in [2.75, 3.05) is 4.90 Å². The highest BCUT2D eigenvalue weighted by molar-refractivity contribution is 6.24. The summed E-state index contributed by atoms with van der Waals surface area (Å²) in [4.78, 5) is 12.7. The Morgan fingerprint density at radius 3 is 1.84 bits per heavy atom. The van der Waals surface area contributed by atoms with E-state index in [-0.39, 0.29) is 0 Å². The Morgan fingerprint density at radius 1 is 0.455 bits per heavy atom. The second-order valence-corrected chi connectivity index (χ2v) is 13.8. The van der Waals surface area contributed by atoms with E-state index < -0.39 is 6.17 Å². The molecular weight excluding hydrogens is 677 g/mol. The first-order chi connectivity index (χ1) is 27.3. The van der Waals surface area contributed by atoms with Crippen LogP contribution < -0.4 is 10.2 Å². The van der Waals surface area contributed by atoms with Crippen LogP contribution in [-0.4, -0.2) is 11.7 Å². The summed E-state index contributed by atoms with van der Waals surface area (Å²) in [7, 11) is 0. The van der Waals surface area contributed by atoms with E-state index in [1.54, 1.807) is 0 Å². The normalized spacial score (nSPS) is 14.4. The lowest BCUT2D eigenvalue weighted by molar-refractivity contribution is 0.662. The summed E-state index contributed by atoms with van der Waals surface area (Å²) in [6.07, 6.45) is -0.456. The van der Waals surface area contributed by atoms with Crippen LogP contribution in [0.15, 0.2) is 201 Å². The third kappa shape index (κ3) is 5.18. The van der Waals surface area contributed by atoms with E-state index in [1.807, 2.05) is 48.5 Å². The molecule has 1 N–H and O–H groups in total. The predicted octanol–water partition coefficient (Wildman–Crippen LogP) is 12.6. The smallest absolute Gasteiger partial charge is 0.159 e. The molecule has 11 rings (SSSR count). The maximum absolute atomic E-state index is 6.81. The van der Waals surface area contributed by atoms with Crippen molar-refractivity contribution in [2.24, 2.45) is 9.98 Å². The Balaban J connectivity index is 1.12. The molecule has 0 saturated carbocycles. The third-order valence-electron chi connectivity index (χ3n) is 10.5. The van der Waals surface area contributed by atoms with Gasteiger partial charge in [0.15, 0.2) is 5.84 Å². The molecule has 0 spiro atoms. The van der Waals surface area contributed by atoms with Gasteiger partial charge in [0.05, 0.1) is 5.69 Å². The molecule has 0 radical (unpaired) electrons. The molecule has 0 saturated heterocycles. The number of nitrogens with zero attached hydrogens (tertiary/aromatic N) is 3. The van der Waals surface area contributed by atoms with Crippen LogP contribution in [0.5, 0.6) is 0 Å². The molecule has 0 aliphatic carbocycles. The minimum absolute atomic E-state index is 0.456. The van der Waals surface area contributed by atoms with E-state index in [0.29, 0.717) is 5.84 Å². The molecule has 0 amide bonds. The Labute approximate surface area is 316 Å². The summed E-state index contributed by atoms with van der Waals surface area (Å²) < 4.78 is 13.1. The third-order valence-corrected chi connectivity index (χ3v) is 10.5. The highest BCUT2D eigenvalue weighted by Gasteiger charge is 2.27. The fourth-order valence-electron chi connectivity index (χ4n) is 8.03. The first kappa shape index (κ1) is 31.1. The Kier molecular flexibility index (Phi) is 7.13. The van der Waals surface area contributed by atoms with E-state index >= 15 is 0 Å². The molecule has 260 valence electrons. The van der Waals surface area contributed by atoms with Crippen LogP contribution in [0.25, 0.3) is 54.6 Å². The van der Waals surface area contributed by atoms with Gasteiger partial charge in [-0.25, -0.2) is 9.98 Å². The molecule has 0 bridgehead atoms. The minimum Gasteiger partial charge on any atom is -0.456 e. The number of amidine groups is 2. The van der Waals surface area contributed by atoms with Gasteiger partial charge in [-0.15, -0.1) is 0 Å². The first-order valence-electron chi connectivity index (χ1n) is 18.4. The molecule has 55 heavy (non-hydrogen) atoms. The Hall–Kier alpha value is -7.44. The molecular formula is C49H32N4O2. The Morgan fingerprint density at radius 2 is 1.07 bits per heavy atom. The van der Waals surface area contributed by atoms with Crippen molar-refractivity contribution in [1.82, 2.24) is 5.32 Å². The van der Waals surface area contributed by atoms with Crippen LogP contribution in [0.1, 0.15) is 22.9 Å². The lowest BCUT2D eigenvalue weighted by atomic mass is 9.97.